The van der Waals surface area contributed by atoms with Gasteiger partial charge in [0, 0.05) is 5.39 Å². The summed E-state index contributed by atoms with van der Waals surface area (Å²) >= 11 is 0. The third-order valence-corrected chi connectivity index (χ3v) is 2.29. The van der Waals surface area contributed by atoms with Gasteiger partial charge in [0.15, 0.2) is 0 Å². The van der Waals surface area contributed by atoms with E-state index < -0.39 is 0 Å². The van der Waals surface area contributed by atoms with E-state index in [2.05, 4.69) is 0 Å². The van der Waals surface area contributed by atoms with Gasteiger partial charge in [0.1, 0.15) is 22.9 Å². The fraction of sp³-hybridized carbons (Fsp3) is 0.231. The zero-order valence-electron chi connectivity index (χ0n) is 9.03. The number of para-hydroxylation sites is 1. The normalized spacial score (nSPS) is 10.6. The van der Waals surface area contributed by atoms with Gasteiger partial charge in [0.2, 0.25) is 0 Å². The first-order valence-corrected chi connectivity index (χ1v) is 5.14. The number of carbonyl (C=O) groups is 2. The molecule has 0 radical (unpaired) electrons. The van der Waals surface area contributed by atoms with Crippen LogP contribution < -0.4 is 0 Å². The molecule has 0 atom stereocenters. The second-order valence-corrected chi connectivity index (χ2v) is 3.84. The molecule has 1 aromatic carbocycles. The lowest BCUT2D eigenvalue weighted by molar-refractivity contribution is -0.125. The number of ketones is 2. The van der Waals surface area contributed by atoms with E-state index in [0.717, 1.165) is 11.0 Å². The molecule has 0 spiro atoms. The number of Topliss-reactive ketones (excluding diaryl/α,β-unsaturated/α-hetero) is 2. The second kappa shape index (κ2) is 4.31. The molecule has 0 aliphatic carbocycles. The summed E-state index contributed by atoms with van der Waals surface area (Å²) in [6, 6.07) is 9.42. The standard InChI is InChI=1S/C13H12O3/c1-9(14)6-11(15)8-12-7-10-4-2-3-5-13(10)16-12/h2-5,7H,6,8H2,1H3. The molecule has 0 bridgehead atoms. The first-order chi connectivity index (χ1) is 7.65. The maximum Gasteiger partial charge on any atom is 0.147 e. The zero-order chi connectivity index (χ0) is 11.5. The highest BCUT2D eigenvalue weighted by molar-refractivity contribution is 5.98. The molecule has 1 aromatic heterocycles. The summed E-state index contributed by atoms with van der Waals surface area (Å²) < 4.78 is 5.49. The van der Waals surface area contributed by atoms with Crippen LogP contribution in [0.1, 0.15) is 19.1 Å². The van der Waals surface area contributed by atoms with Crippen LogP contribution in [0.25, 0.3) is 11.0 Å². The Morgan fingerprint density at radius 1 is 1.25 bits per heavy atom. The number of fused-ring (bicyclic) bond motifs is 1. The molecule has 2 rings (SSSR count). The minimum absolute atomic E-state index is 0.0168. The topological polar surface area (TPSA) is 47.3 Å². The Kier molecular flexibility index (Phi) is 2.86. The van der Waals surface area contributed by atoms with Crippen molar-refractivity contribution < 1.29 is 14.0 Å². The summed E-state index contributed by atoms with van der Waals surface area (Å²) in [5, 5.41) is 0.980. The van der Waals surface area contributed by atoms with Crippen molar-refractivity contribution in [2.24, 2.45) is 0 Å². The van der Waals surface area contributed by atoms with Gasteiger partial charge >= 0.3 is 0 Å². The fourth-order valence-electron chi connectivity index (χ4n) is 1.66. The van der Waals surface area contributed by atoms with Crippen molar-refractivity contribution in [3.05, 3.63) is 36.1 Å². The molecular weight excluding hydrogens is 204 g/mol. The van der Waals surface area contributed by atoms with Gasteiger partial charge in [-0.2, -0.15) is 0 Å². The maximum atomic E-state index is 11.4. The summed E-state index contributed by atoms with van der Waals surface area (Å²) in [6.07, 6.45) is 0.172. The van der Waals surface area contributed by atoms with Crippen molar-refractivity contribution >= 4 is 22.5 Å². The molecule has 3 heteroatoms. The molecular formula is C13H12O3. The van der Waals surface area contributed by atoms with Crippen LogP contribution in [0.3, 0.4) is 0 Å². The Balaban J connectivity index is 2.15. The highest BCUT2D eigenvalue weighted by atomic mass is 16.3. The third kappa shape index (κ3) is 2.37. The fourth-order valence-corrected chi connectivity index (χ4v) is 1.66. The highest BCUT2D eigenvalue weighted by Gasteiger charge is 2.10. The van der Waals surface area contributed by atoms with Crippen LogP contribution in [0.15, 0.2) is 34.7 Å². The molecule has 82 valence electrons. The third-order valence-electron chi connectivity index (χ3n) is 2.29. The van der Waals surface area contributed by atoms with Crippen molar-refractivity contribution in [1.29, 1.82) is 0 Å². The van der Waals surface area contributed by atoms with E-state index in [1.807, 2.05) is 30.3 Å². The lowest BCUT2D eigenvalue weighted by atomic mass is 10.1. The Bertz CT molecular complexity index is 504. The van der Waals surface area contributed by atoms with Crippen LogP contribution >= 0.6 is 0 Å². The van der Waals surface area contributed by atoms with Crippen LogP contribution in [-0.4, -0.2) is 11.6 Å². The Morgan fingerprint density at radius 2 is 2.00 bits per heavy atom. The van der Waals surface area contributed by atoms with Gasteiger partial charge in [-0.05, 0) is 19.1 Å². The minimum atomic E-state index is -0.110. The van der Waals surface area contributed by atoms with E-state index in [9.17, 15) is 9.59 Å². The van der Waals surface area contributed by atoms with Gasteiger partial charge < -0.3 is 4.42 Å². The molecule has 16 heavy (non-hydrogen) atoms. The van der Waals surface area contributed by atoms with Crippen LogP contribution in [-0.2, 0) is 16.0 Å². The molecule has 3 nitrogen and oxygen atoms in total. The molecule has 0 aliphatic rings. The quantitative estimate of drug-likeness (QED) is 0.738. The summed E-state index contributed by atoms with van der Waals surface area (Å²) in [5.41, 5.74) is 0.771. The smallest absolute Gasteiger partial charge is 0.147 e. The molecule has 0 aliphatic heterocycles. The van der Waals surface area contributed by atoms with Gasteiger partial charge in [-0.1, -0.05) is 18.2 Å². The van der Waals surface area contributed by atoms with Crippen LogP contribution in [0.5, 0.6) is 0 Å². The number of carbonyl (C=O) groups excluding carboxylic acids is 2. The number of furan rings is 1. The molecule has 2 aromatic rings. The summed E-state index contributed by atoms with van der Waals surface area (Å²) in [5.74, 6) is 0.403. The largest absolute Gasteiger partial charge is 0.461 e. The molecule has 0 saturated carbocycles. The average molecular weight is 216 g/mol. The lowest BCUT2D eigenvalue weighted by Gasteiger charge is -1.93. The zero-order valence-corrected chi connectivity index (χ0v) is 9.03. The number of rotatable bonds is 4. The van der Waals surface area contributed by atoms with Crippen LogP contribution in [0, 0.1) is 0 Å². The number of hydrogen-bond acceptors (Lipinski definition) is 3. The van der Waals surface area contributed by atoms with E-state index >= 15 is 0 Å². The van der Waals surface area contributed by atoms with Crippen molar-refractivity contribution in [2.45, 2.75) is 19.8 Å². The van der Waals surface area contributed by atoms with E-state index in [1.165, 1.54) is 6.92 Å². The van der Waals surface area contributed by atoms with Gasteiger partial charge in [0.25, 0.3) is 0 Å². The monoisotopic (exact) mass is 216 g/mol. The highest BCUT2D eigenvalue weighted by Crippen LogP contribution is 2.19. The van der Waals surface area contributed by atoms with Crippen molar-refractivity contribution in [1.82, 2.24) is 0 Å². The average Bonchev–Trinajstić information content (AvgIpc) is 2.57. The summed E-state index contributed by atoms with van der Waals surface area (Å²) in [6.45, 7) is 1.41. The van der Waals surface area contributed by atoms with Gasteiger partial charge in [0.05, 0.1) is 12.8 Å². The Labute approximate surface area is 93.1 Å². The van der Waals surface area contributed by atoms with Crippen molar-refractivity contribution in [3.8, 4) is 0 Å². The SMILES string of the molecule is CC(=O)CC(=O)Cc1cc2ccccc2o1. The van der Waals surface area contributed by atoms with Crippen LogP contribution in [0.4, 0.5) is 0 Å². The number of hydrogen-bond donors (Lipinski definition) is 0. The molecule has 0 N–H and O–H groups in total. The van der Waals surface area contributed by atoms with E-state index in [4.69, 9.17) is 4.42 Å². The minimum Gasteiger partial charge on any atom is -0.461 e. The van der Waals surface area contributed by atoms with E-state index in [-0.39, 0.29) is 24.4 Å². The van der Waals surface area contributed by atoms with Crippen LogP contribution in [0.2, 0.25) is 0 Å². The molecule has 1 heterocycles. The van der Waals surface area contributed by atoms with Gasteiger partial charge in [-0.15, -0.1) is 0 Å². The predicted molar refractivity (Wildman–Crippen MR) is 60.2 cm³/mol. The molecule has 0 saturated heterocycles. The number of benzene rings is 1. The van der Waals surface area contributed by atoms with Crippen molar-refractivity contribution in [3.63, 3.8) is 0 Å². The van der Waals surface area contributed by atoms with E-state index in [1.54, 1.807) is 0 Å². The summed E-state index contributed by atoms with van der Waals surface area (Å²) in [4.78, 5) is 22.2. The second-order valence-electron chi connectivity index (χ2n) is 3.84. The lowest BCUT2D eigenvalue weighted by Crippen LogP contribution is -2.06. The predicted octanol–water partition coefficient (Wildman–Crippen LogP) is 2.52. The van der Waals surface area contributed by atoms with Crippen molar-refractivity contribution in [2.75, 3.05) is 0 Å². The van der Waals surface area contributed by atoms with Gasteiger partial charge in [-0.25, -0.2) is 0 Å². The first-order valence-electron chi connectivity index (χ1n) is 5.14. The Morgan fingerprint density at radius 3 is 2.69 bits per heavy atom. The summed E-state index contributed by atoms with van der Waals surface area (Å²) in [7, 11) is 0. The molecule has 0 fully saturated rings. The maximum absolute atomic E-state index is 11.4. The van der Waals surface area contributed by atoms with E-state index in [0.29, 0.717) is 5.76 Å². The van der Waals surface area contributed by atoms with Gasteiger partial charge in [-0.3, -0.25) is 9.59 Å². The Hall–Kier alpha value is -1.90. The first kappa shape index (κ1) is 10.6. The molecule has 0 unspecified atom stereocenters. The molecule has 0 amide bonds.